The molecule has 1 aromatic heterocycles. The molecule has 35 heavy (non-hydrogen) atoms. The van der Waals surface area contributed by atoms with E-state index in [9.17, 15) is 18.0 Å². The molecule has 0 unspecified atom stereocenters. The molecule has 1 amide bonds. The largest absolute Gasteiger partial charge is 0.493 e. The van der Waals surface area contributed by atoms with Crippen molar-refractivity contribution in [2.45, 2.75) is 32.8 Å². The van der Waals surface area contributed by atoms with Gasteiger partial charge in [0.1, 0.15) is 5.60 Å². The van der Waals surface area contributed by atoms with Gasteiger partial charge < -0.3 is 14.2 Å². The van der Waals surface area contributed by atoms with Crippen molar-refractivity contribution in [3.05, 3.63) is 58.0 Å². The van der Waals surface area contributed by atoms with Crippen LogP contribution >= 0.6 is 0 Å². The normalized spacial score (nSPS) is 11.7. The Bertz CT molecular complexity index is 1430. The molecule has 0 aliphatic carbocycles. The van der Waals surface area contributed by atoms with Crippen LogP contribution in [0, 0.1) is 0 Å². The molecule has 2 aromatic carbocycles. The van der Waals surface area contributed by atoms with Crippen molar-refractivity contribution in [2.75, 3.05) is 18.9 Å². The number of hydrogen-bond donors (Lipinski definition) is 2. The predicted molar refractivity (Wildman–Crippen MR) is 131 cm³/mol. The van der Waals surface area contributed by atoms with E-state index < -0.39 is 21.9 Å². The third kappa shape index (κ3) is 6.41. The first kappa shape index (κ1) is 25.8. The van der Waals surface area contributed by atoms with Crippen LogP contribution < -0.4 is 24.5 Å². The van der Waals surface area contributed by atoms with E-state index in [4.69, 9.17) is 14.2 Å². The summed E-state index contributed by atoms with van der Waals surface area (Å²) in [6.07, 6.45) is -0.804. The van der Waals surface area contributed by atoms with Crippen molar-refractivity contribution in [1.29, 1.82) is 0 Å². The maximum absolute atomic E-state index is 12.7. The Morgan fingerprint density at radius 3 is 2.29 bits per heavy atom. The number of nitrogens with zero attached hydrogens (tertiary/aromatic N) is 2. The molecule has 0 saturated heterocycles. The molecule has 0 aliphatic heterocycles. The van der Waals surface area contributed by atoms with Crippen molar-refractivity contribution < 1.29 is 27.4 Å². The second-order valence-electron chi connectivity index (χ2n) is 8.71. The van der Waals surface area contributed by atoms with Crippen molar-refractivity contribution in [1.82, 2.24) is 14.5 Å². The molecule has 3 rings (SSSR count). The lowest BCUT2D eigenvalue weighted by Crippen LogP contribution is -2.39. The van der Waals surface area contributed by atoms with Crippen LogP contribution in [0.2, 0.25) is 0 Å². The molecule has 0 atom stereocenters. The Hall–Kier alpha value is -3.80. The standard InChI is InChI=1S/C23H28N4O7S/c1-23(2,3)34-22(29)26-35(30,31)25-15-9-7-8-14(10-15)11-18-16-12-19(32-5)20(33-6)13-17(16)21(28)27(4)24-18/h7-10,12-13,25H,11H2,1-6H3,(H,26,29). The first-order valence-corrected chi connectivity index (χ1v) is 12.0. The minimum atomic E-state index is -4.23. The molecule has 0 aliphatic rings. The van der Waals surface area contributed by atoms with Crippen LogP contribution in [0.25, 0.3) is 10.8 Å². The van der Waals surface area contributed by atoms with Crippen LogP contribution in [0.4, 0.5) is 10.5 Å². The van der Waals surface area contributed by atoms with Crippen LogP contribution in [0.15, 0.2) is 41.2 Å². The second-order valence-corrected chi connectivity index (χ2v) is 10.1. The number of aromatic nitrogens is 2. The molecule has 188 valence electrons. The van der Waals surface area contributed by atoms with E-state index in [1.165, 1.54) is 25.0 Å². The van der Waals surface area contributed by atoms with E-state index in [0.717, 1.165) is 0 Å². The maximum atomic E-state index is 12.7. The van der Waals surface area contributed by atoms with Crippen LogP contribution in [-0.4, -0.2) is 44.1 Å². The highest BCUT2D eigenvalue weighted by Crippen LogP contribution is 2.32. The molecule has 2 N–H and O–H groups in total. The fourth-order valence-corrected chi connectivity index (χ4v) is 4.16. The quantitative estimate of drug-likeness (QED) is 0.501. The van der Waals surface area contributed by atoms with Gasteiger partial charge in [0.25, 0.3) is 5.56 Å². The van der Waals surface area contributed by atoms with Crippen molar-refractivity contribution in [3.63, 3.8) is 0 Å². The zero-order valence-corrected chi connectivity index (χ0v) is 21.1. The van der Waals surface area contributed by atoms with Gasteiger partial charge in [0.15, 0.2) is 11.5 Å². The fraction of sp³-hybridized carbons (Fsp3) is 0.348. The lowest BCUT2D eigenvalue weighted by atomic mass is 10.0. The molecular weight excluding hydrogens is 476 g/mol. The lowest BCUT2D eigenvalue weighted by molar-refractivity contribution is 0.0570. The summed E-state index contributed by atoms with van der Waals surface area (Å²) in [5.74, 6) is 0.870. The van der Waals surface area contributed by atoms with E-state index in [-0.39, 0.29) is 17.7 Å². The van der Waals surface area contributed by atoms with E-state index in [2.05, 4.69) is 9.82 Å². The number of ether oxygens (including phenoxy) is 3. The third-order valence-corrected chi connectivity index (χ3v) is 5.74. The smallest absolute Gasteiger partial charge is 0.422 e. The number of benzene rings is 2. The van der Waals surface area contributed by atoms with Gasteiger partial charge in [0.2, 0.25) is 0 Å². The molecule has 1 heterocycles. The highest BCUT2D eigenvalue weighted by Gasteiger charge is 2.21. The minimum absolute atomic E-state index is 0.229. The second kappa shape index (κ2) is 9.82. The zero-order valence-electron chi connectivity index (χ0n) is 20.3. The molecular formula is C23H28N4O7S. The summed E-state index contributed by atoms with van der Waals surface area (Å²) in [6.45, 7) is 4.87. The number of hydrogen-bond acceptors (Lipinski definition) is 8. The summed E-state index contributed by atoms with van der Waals surface area (Å²) in [5, 5.41) is 5.40. The van der Waals surface area contributed by atoms with E-state index in [1.54, 1.807) is 58.2 Å². The van der Waals surface area contributed by atoms with Crippen LogP contribution in [0.3, 0.4) is 0 Å². The molecule has 0 fully saturated rings. The topological polar surface area (TPSA) is 138 Å². The summed E-state index contributed by atoms with van der Waals surface area (Å²) in [4.78, 5) is 24.5. The first-order valence-electron chi connectivity index (χ1n) is 10.6. The number of amides is 1. The first-order chi connectivity index (χ1) is 16.3. The van der Waals surface area contributed by atoms with Gasteiger partial charge in [-0.05, 0) is 50.6 Å². The number of nitrogens with one attached hydrogen (secondary N) is 2. The third-order valence-electron chi connectivity index (χ3n) is 4.80. The lowest BCUT2D eigenvalue weighted by Gasteiger charge is -2.19. The van der Waals surface area contributed by atoms with E-state index in [0.29, 0.717) is 33.5 Å². The van der Waals surface area contributed by atoms with E-state index >= 15 is 0 Å². The van der Waals surface area contributed by atoms with Gasteiger partial charge in [0.05, 0.1) is 31.0 Å². The molecule has 0 saturated carbocycles. The Labute approximate surface area is 203 Å². The highest BCUT2D eigenvalue weighted by molar-refractivity contribution is 7.91. The van der Waals surface area contributed by atoms with Gasteiger partial charge >= 0.3 is 16.3 Å². The number of anilines is 1. The van der Waals surface area contributed by atoms with Crippen molar-refractivity contribution in [2.24, 2.45) is 7.05 Å². The minimum Gasteiger partial charge on any atom is -0.493 e. The Morgan fingerprint density at radius 1 is 1.06 bits per heavy atom. The number of carbonyl (C=O) groups excluding carboxylic acids is 1. The Kier molecular flexibility index (Phi) is 7.25. The van der Waals surface area contributed by atoms with E-state index in [1.807, 2.05) is 4.72 Å². The fourth-order valence-electron chi connectivity index (χ4n) is 3.41. The number of rotatable bonds is 7. The average Bonchev–Trinajstić information content (AvgIpc) is 2.74. The Morgan fingerprint density at radius 2 is 1.69 bits per heavy atom. The maximum Gasteiger partial charge on any atom is 0.422 e. The van der Waals surface area contributed by atoms with Crippen molar-refractivity contribution >= 4 is 32.8 Å². The summed E-state index contributed by atoms with van der Waals surface area (Å²) in [7, 11) is 0.310. The molecule has 0 bridgehead atoms. The molecule has 3 aromatic rings. The van der Waals surface area contributed by atoms with Gasteiger partial charge in [-0.1, -0.05) is 12.1 Å². The highest BCUT2D eigenvalue weighted by atomic mass is 32.2. The summed E-state index contributed by atoms with van der Waals surface area (Å²) in [6, 6.07) is 9.89. The number of fused-ring (bicyclic) bond motifs is 1. The van der Waals surface area contributed by atoms with Gasteiger partial charge in [0, 0.05) is 18.9 Å². The zero-order chi connectivity index (χ0) is 26.0. The summed E-state index contributed by atoms with van der Waals surface area (Å²) < 4.78 is 45.7. The number of methoxy groups -OCH3 is 2. The Balaban J connectivity index is 1.91. The molecule has 0 spiro atoms. The van der Waals surface area contributed by atoms with Crippen LogP contribution in [0.5, 0.6) is 11.5 Å². The monoisotopic (exact) mass is 504 g/mol. The molecule has 0 radical (unpaired) electrons. The van der Waals surface area contributed by atoms with Crippen molar-refractivity contribution in [3.8, 4) is 11.5 Å². The van der Waals surface area contributed by atoms with Crippen LogP contribution in [-0.2, 0) is 28.4 Å². The SMILES string of the molecule is COc1cc2c(Cc3cccc(NS(=O)(=O)NC(=O)OC(C)(C)C)c3)nn(C)c(=O)c2cc1OC. The van der Waals surface area contributed by atoms with Crippen LogP contribution in [0.1, 0.15) is 32.0 Å². The van der Waals surface area contributed by atoms with Gasteiger partial charge in [-0.25, -0.2) is 14.2 Å². The molecule has 12 heteroatoms. The average molecular weight is 505 g/mol. The number of aryl methyl sites for hydroxylation is 1. The predicted octanol–water partition coefficient (Wildman–Crippen LogP) is 2.72. The number of carbonyl (C=O) groups is 1. The summed E-state index contributed by atoms with van der Waals surface area (Å²) in [5.41, 5.74) is 0.378. The van der Waals surface area contributed by atoms with Gasteiger partial charge in [-0.15, -0.1) is 0 Å². The summed E-state index contributed by atoms with van der Waals surface area (Å²) >= 11 is 0. The van der Waals surface area contributed by atoms with Gasteiger partial charge in [-0.3, -0.25) is 9.52 Å². The van der Waals surface area contributed by atoms with Gasteiger partial charge in [-0.2, -0.15) is 13.5 Å². The molecule has 11 nitrogen and oxygen atoms in total.